The molecule has 0 saturated carbocycles. The van der Waals surface area contributed by atoms with E-state index in [1.165, 1.54) is 23.9 Å². The maximum atomic E-state index is 15.4. The van der Waals surface area contributed by atoms with Gasteiger partial charge in [0.05, 0.1) is 21.6 Å². The Bertz CT molecular complexity index is 2350. The number of nitro benzene ring substituents is 1. The normalized spacial score (nSPS) is 18.8. The van der Waals surface area contributed by atoms with Crippen molar-refractivity contribution in [2.45, 2.75) is 75.8 Å². The number of anilines is 2. The number of aromatic nitrogens is 2. The van der Waals surface area contributed by atoms with Crippen molar-refractivity contribution in [1.82, 2.24) is 24.5 Å². The van der Waals surface area contributed by atoms with Crippen molar-refractivity contribution in [3.63, 3.8) is 0 Å². The van der Waals surface area contributed by atoms with Crippen molar-refractivity contribution in [1.29, 1.82) is 0 Å². The van der Waals surface area contributed by atoms with Crippen molar-refractivity contribution in [2.24, 2.45) is 5.41 Å². The Kier molecular flexibility index (Phi) is 13.7. The molecule has 3 N–H and O–H groups in total. The van der Waals surface area contributed by atoms with Gasteiger partial charge in [-0.1, -0.05) is 31.6 Å². The minimum Gasteiger partial charge on any atom is -0.455 e. The molecule has 4 aromatic rings. The number of halogens is 3. The number of allylic oxidation sites excluding steroid dienone is 2. The van der Waals surface area contributed by atoms with Gasteiger partial charge in [0, 0.05) is 88.2 Å². The van der Waals surface area contributed by atoms with Gasteiger partial charge in [-0.05, 0) is 93.0 Å². The van der Waals surface area contributed by atoms with Gasteiger partial charge in [-0.25, -0.2) is 22.4 Å². The van der Waals surface area contributed by atoms with E-state index in [2.05, 4.69) is 50.2 Å². The number of nitrogens with one attached hydrogen (secondary N) is 3. The number of fused-ring (bicyclic) bond motifs is 1. The van der Waals surface area contributed by atoms with Crippen LogP contribution in [0.1, 0.15) is 69.2 Å². The van der Waals surface area contributed by atoms with Crippen LogP contribution in [0.25, 0.3) is 11.0 Å². The average molecular weight is 877 g/mol. The Balaban J connectivity index is 1.06. The molecule has 0 spiro atoms. The molecule has 1 atom stereocenters. The molecule has 0 radical (unpaired) electrons. The molecule has 332 valence electrons. The predicted octanol–water partition coefficient (Wildman–Crippen LogP) is 8.79. The van der Waals surface area contributed by atoms with Gasteiger partial charge in [-0.3, -0.25) is 24.5 Å². The van der Waals surface area contributed by atoms with Gasteiger partial charge < -0.3 is 24.8 Å². The lowest BCUT2D eigenvalue weighted by atomic mass is 9.72. The third-order valence-electron chi connectivity index (χ3n) is 12.3. The number of ether oxygens (including phenoxy) is 1. The third-order valence-corrected chi connectivity index (χ3v) is 13.3. The highest BCUT2D eigenvalue weighted by molar-refractivity contribution is 7.83. The number of amides is 1. The molecule has 7 rings (SSSR count). The van der Waals surface area contributed by atoms with Crippen molar-refractivity contribution in [3.05, 3.63) is 99.9 Å². The van der Waals surface area contributed by atoms with Crippen LogP contribution in [0.15, 0.2) is 89.1 Å². The van der Waals surface area contributed by atoms with Crippen molar-refractivity contribution < 1.29 is 31.8 Å². The second kappa shape index (κ2) is 19.0. The Morgan fingerprint density at radius 3 is 2.55 bits per heavy atom. The lowest BCUT2D eigenvalue weighted by molar-refractivity contribution is -0.384. The van der Waals surface area contributed by atoms with Crippen molar-refractivity contribution >= 4 is 45.0 Å². The largest absolute Gasteiger partial charge is 0.455 e. The number of likely N-dealkylation sites (tertiary alicyclic amines) is 1. The van der Waals surface area contributed by atoms with E-state index >= 15 is 4.39 Å². The Morgan fingerprint density at radius 2 is 1.82 bits per heavy atom. The van der Waals surface area contributed by atoms with Crippen LogP contribution in [0.5, 0.6) is 11.5 Å². The molecule has 2 fully saturated rings. The fourth-order valence-corrected chi connectivity index (χ4v) is 9.21. The Labute approximate surface area is 362 Å². The van der Waals surface area contributed by atoms with Crippen LogP contribution < -0.4 is 19.7 Å². The van der Waals surface area contributed by atoms with Crippen molar-refractivity contribution in [3.8, 4) is 11.5 Å². The molecule has 2 saturated heterocycles. The summed E-state index contributed by atoms with van der Waals surface area (Å²) in [6.07, 6.45) is 4.40. The highest BCUT2D eigenvalue weighted by Crippen LogP contribution is 2.43. The molecule has 4 heterocycles. The summed E-state index contributed by atoms with van der Waals surface area (Å²) in [6, 6.07) is 12.7. The SMILES string of the molecule is C=C(CCC(F)F)C1=C(CN2CCN(c3ccc(C(=O)NS(=O)c4ccc(NCC5(F)CCN(C)CC5)c([N+](=O)[O-])c4)c(Oc4cnc5[nH]ccc5c4)c3)CC2)CCC(C)(C)C1. The number of alkyl halides is 3. The predicted molar refractivity (Wildman–Crippen MR) is 236 cm³/mol. The van der Waals surface area contributed by atoms with Gasteiger partial charge in [-0.2, -0.15) is 0 Å². The quantitative estimate of drug-likeness (QED) is 0.0737. The molecule has 2 aromatic heterocycles. The molecule has 1 amide bonds. The number of carbonyl (C=O) groups is 1. The fourth-order valence-electron chi connectivity index (χ4n) is 8.41. The number of nitro groups is 1. The maximum Gasteiger partial charge on any atom is 0.293 e. The number of piperidine rings is 1. The van der Waals surface area contributed by atoms with Gasteiger partial charge in [0.1, 0.15) is 28.5 Å². The molecule has 13 nitrogen and oxygen atoms in total. The average Bonchev–Trinajstić information content (AvgIpc) is 3.72. The standard InChI is InChI=1S/C45H55F3N8O5S/c1-30(5-10-41(46)47)37-26-44(2,3)13-11-32(37)28-54-19-21-55(22-20-54)33-6-8-36(40(24-33)61-34-23-31-12-16-49-42(31)50-27-34)43(57)52-62(60)35-7-9-38(39(25-35)56(58)59)51-29-45(48)14-17-53(4)18-15-45/h6-9,12,16,23-25,27,41,51H,1,5,10-11,13-15,17-22,26,28-29H2,2-4H3,(H,49,50)(H,52,57). The van der Waals surface area contributed by atoms with Crippen LogP contribution >= 0.6 is 0 Å². The van der Waals surface area contributed by atoms with Crippen LogP contribution in [0.3, 0.4) is 0 Å². The van der Waals surface area contributed by atoms with E-state index in [0.717, 1.165) is 67.2 Å². The Hall–Kier alpha value is -5.26. The summed E-state index contributed by atoms with van der Waals surface area (Å²) in [7, 11) is -0.292. The van der Waals surface area contributed by atoms with Crippen LogP contribution in [0.2, 0.25) is 0 Å². The summed E-state index contributed by atoms with van der Waals surface area (Å²) in [5, 5.41) is 15.8. The van der Waals surface area contributed by atoms with Gasteiger partial charge in [0.25, 0.3) is 11.6 Å². The molecule has 1 aliphatic carbocycles. The first-order chi connectivity index (χ1) is 29.5. The van der Waals surface area contributed by atoms with E-state index in [4.69, 9.17) is 4.74 Å². The summed E-state index contributed by atoms with van der Waals surface area (Å²) in [5.74, 6) is -0.164. The molecule has 62 heavy (non-hydrogen) atoms. The number of rotatable bonds is 16. The Morgan fingerprint density at radius 1 is 1.06 bits per heavy atom. The maximum absolute atomic E-state index is 15.4. The van der Waals surface area contributed by atoms with E-state index in [0.29, 0.717) is 56.8 Å². The number of benzene rings is 2. The van der Waals surface area contributed by atoms with Gasteiger partial charge >= 0.3 is 0 Å². The molecule has 0 bridgehead atoms. The molecule has 2 aromatic carbocycles. The second-order valence-electron chi connectivity index (χ2n) is 17.5. The molecule has 1 unspecified atom stereocenters. The lowest BCUT2D eigenvalue weighted by Gasteiger charge is -2.39. The minimum absolute atomic E-state index is 0.0128. The number of carbonyl (C=O) groups excluding carboxylic acids is 1. The molecule has 17 heteroatoms. The summed E-state index contributed by atoms with van der Waals surface area (Å²) < 4.78 is 64.0. The summed E-state index contributed by atoms with van der Waals surface area (Å²) in [4.78, 5) is 39.4. The van der Waals surface area contributed by atoms with E-state index in [1.54, 1.807) is 30.5 Å². The smallest absolute Gasteiger partial charge is 0.293 e. The first-order valence-electron chi connectivity index (χ1n) is 21.1. The highest BCUT2D eigenvalue weighted by atomic mass is 32.2. The van der Waals surface area contributed by atoms with Crippen LogP contribution in [0, 0.1) is 15.5 Å². The topological polar surface area (TPSA) is 149 Å². The van der Waals surface area contributed by atoms with E-state index in [1.807, 2.05) is 18.0 Å². The second-order valence-corrected chi connectivity index (χ2v) is 18.7. The number of pyridine rings is 1. The molecule has 3 aliphatic rings. The van der Waals surface area contributed by atoms with Crippen LogP contribution in [-0.2, 0) is 11.0 Å². The highest BCUT2D eigenvalue weighted by Gasteiger charge is 2.34. The molecular weight excluding hydrogens is 822 g/mol. The van der Waals surface area contributed by atoms with Crippen molar-refractivity contribution in [2.75, 3.05) is 69.6 Å². The van der Waals surface area contributed by atoms with Gasteiger partial charge in [0.15, 0.2) is 11.0 Å². The number of H-pyrrole nitrogens is 1. The van der Waals surface area contributed by atoms with Crippen LogP contribution in [-0.4, -0.2) is 106 Å². The number of hydrogen-bond donors (Lipinski definition) is 3. The lowest BCUT2D eigenvalue weighted by Crippen LogP contribution is -2.47. The molecule has 2 aliphatic heterocycles. The zero-order valence-corrected chi connectivity index (χ0v) is 36.3. The number of hydrogen-bond acceptors (Lipinski definition) is 10. The van der Waals surface area contributed by atoms with E-state index < -0.39 is 39.6 Å². The monoisotopic (exact) mass is 876 g/mol. The summed E-state index contributed by atoms with van der Waals surface area (Å²) in [5.41, 5.74) is 3.08. The first-order valence-corrected chi connectivity index (χ1v) is 22.2. The van der Waals surface area contributed by atoms with E-state index in [-0.39, 0.29) is 40.3 Å². The summed E-state index contributed by atoms with van der Waals surface area (Å²) in [6.45, 7) is 13.3. The fraction of sp³-hybridized carbons (Fsp3) is 0.467. The first kappa shape index (κ1) is 44.8. The van der Waals surface area contributed by atoms with E-state index in [9.17, 15) is 27.9 Å². The number of piperazine rings is 1. The van der Waals surface area contributed by atoms with Gasteiger partial charge in [-0.15, -0.1) is 0 Å². The molecular formula is C45H55F3N8O5S. The third kappa shape index (κ3) is 11.0. The van der Waals surface area contributed by atoms with Crippen LogP contribution in [0.4, 0.5) is 30.2 Å². The minimum atomic E-state index is -2.36. The van der Waals surface area contributed by atoms with Gasteiger partial charge in [0.2, 0.25) is 6.43 Å². The zero-order valence-electron chi connectivity index (χ0n) is 35.5. The zero-order chi connectivity index (χ0) is 44.2. The number of nitrogens with zero attached hydrogens (tertiary/aromatic N) is 5. The summed E-state index contributed by atoms with van der Waals surface area (Å²) >= 11 is 0. The number of aromatic amines is 1.